The van der Waals surface area contributed by atoms with Crippen LogP contribution in [0.5, 0.6) is 5.75 Å². The number of carbonyl (C=O) groups excluding carboxylic acids is 1. The standard InChI is InChI=1S/C17H22Cl2N2O5S/c18-11-9-14(16(22)15(19)10-11)17(23)20-12-1-5-21(6-2-12)27(24,25)13-3-7-26-8-4-13/h9-10,12-13,22H,1-8H2,(H,20,23). The number of benzene rings is 1. The van der Waals surface area contributed by atoms with E-state index < -0.39 is 15.9 Å². The van der Waals surface area contributed by atoms with E-state index in [0.29, 0.717) is 52.0 Å². The average Bonchev–Trinajstić information content (AvgIpc) is 2.65. The summed E-state index contributed by atoms with van der Waals surface area (Å²) in [4.78, 5) is 12.4. The monoisotopic (exact) mass is 436 g/mol. The number of nitrogens with one attached hydrogen (secondary N) is 1. The second-order valence-corrected chi connectivity index (χ2v) is 9.84. The molecule has 0 aliphatic carbocycles. The number of hydrogen-bond acceptors (Lipinski definition) is 5. The van der Waals surface area contributed by atoms with Crippen LogP contribution in [0.1, 0.15) is 36.0 Å². The van der Waals surface area contributed by atoms with Crippen LogP contribution < -0.4 is 5.32 Å². The molecule has 0 bridgehead atoms. The molecule has 2 saturated heterocycles. The van der Waals surface area contributed by atoms with E-state index in [1.165, 1.54) is 16.4 Å². The fourth-order valence-corrected chi connectivity index (χ4v) is 5.86. The van der Waals surface area contributed by atoms with Crippen molar-refractivity contribution in [2.45, 2.75) is 37.0 Å². The summed E-state index contributed by atoms with van der Waals surface area (Å²) >= 11 is 11.7. The van der Waals surface area contributed by atoms with E-state index in [2.05, 4.69) is 5.32 Å². The van der Waals surface area contributed by atoms with Crippen molar-refractivity contribution in [2.24, 2.45) is 0 Å². The predicted octanol–water partition coefficient (Wildman–Crippen LogP) is 2.40. The van der Waals surface area contributed by atoms with Crippen molar-refractivity contribution in [3.63, 3.8) is 0 Å². The predicted molar refractivity (Wildman–Crippen MR) is 103 cm³/mol. The molecule has 0 atom stereocenters. The molecule has 2 aliphatic heterocycles. The molecule has 0 unspecified atom stereocenters. The van der Waals surface area contributed by atoms with Gasteiger partial charge in [-0.3, -0.25) is 4.79 Å². The van der Waals surface area contributed by atoms with Gasteiger partial charge < -0.3 is 15.2 Å². The van der Waals surface area contributed by atoms with E-state index in [-0.39, 0.29) is 32.7 Å². The number of phenolic OH excluding ortho intramolecular Hbond substituents is 1. The van der Waals surface area contributed by atoms with Crippen LogP contribution in [0, 0.1) is 0 Å². The maximum absolute atomic E-state index is 12.7. The summed E-state index contributed by atoms with van der Waals surface area (Å²) in [6.45, 7) is 1.66. The van der Waals surface area contributed by atoms with Gasteiger partial charge in [-0.1, -0.05) is 23.2 Å². The SMILES string of the molecule is O=C(NC1CCN(S(=O)(=O)C2CCOCC2)CC1)c1cc(Cl)cc(Cl)c1O. The Morgan fingerprint density at radius 1 is 1.15 bits per heavy atom. The topological polar surface area (TPSA) is 95.9 Å². The second kappa shape index (κ2) is 8.53. The Hall–Kier alpha value is -1.06. The van der Waals surface area contributed by atoms with E-state index in [0.717, 1.165) is 0 Å². The van der Waals surface area contributed by atoms with Crippen LogP contribution in [-0.2, 0) is 14.8 Å². The van der Waals surface area contributed by atoms with E-state index in [4.69, 9.17) is 27.9 Å². The molecule has 2 aliphatic rings. The van der Waals surface area contributed by atoms with E-state index in [1.54, 1.807) is 0 Å². The van der Waals surface area contributed by atoms with E-state index >= 15 is 0 Å². The van der Waals surface area contributed by atoms with Crippen molar-refractivity contribution in [3.8, 4) is 5.75 Å². The molecule has 2 heterocycles. The Kier molecular flexibility index (Phi) is 6.53. The van der Waals surface area contributed by atoms with Gasteiger partial charge >= 0.3 is 0 Å². The quantitative estimate of drug-likeness (QED) is 0.754. The lowest BCUT2D eigenvalue weighted by Crippen LogP contribution is -2.49. The number of carbonyl (C=O) groups is 1. The molecule has 27 heavy (non-hydrogen) atoms. The molecule has 10 heteroatoms. The highest BCUT2D eigenvalue weighted by atomic mass is 35.5. The third-order valence-electron chi connectivity index (χ3n) is 5.01. The van der Waals surface area contributed by atoms with Gasteiger partial charge in [0.1, 0.15) is 5.75 Å². The summed E-state index contributed by atoms with van der Waals surface area (Å²) in [6.07, 6.45) is 2.05. The first-order valence-electron chi connectivity index (χ1n) is 8.84. The average molecular weight is 437 g/mol. The maximum Gasteiger partial charge on any atom is 0.255 e. The van der Waals surface area contributed by atoms with Crippen molar-refractivity contribution in [1.82, 2.24) is 9.62 Å². The van der Waals surface area contributed by atoms with Gasteiger partial charge in [-0.25, -0.2) is 12.7 Å². The Labute approximate surface area is 168 Å². The lowest BCUT2D eigenvalue weighted by molar-refractivity contribution is 0.0915. The molecule has 2 N–H and O–H groups in total. The van der Waals surface area contributed by atoms with Gasteiger partial charge in [0.05, 0.1) is 15.8 Å². The summed E-state index contributed by atoms with van der Waals surface area (Å²) in [7, 11) is -3.34. The molecule has 2 fully saturated rings. The Morgan fingerprint density at radius 2 is 1.78 bits per heavy atom. The fourth-order valence-electron chi connectivity index (χ4n) is 3.44. The van der Waals surface area contributed by atoms with Crippen molar-refractivity contribution in [2.75, 3.05) is 26.3 Å². The highest BCUT2D eigenvalue weighted by Crippen LogP contribution is 2.31. The number of aromatic hydroxyl groups is 1. The van der Waals surface area contributed by atoms with Gasteiger partial charge in [0.2, 0.25) is 10.0 Å². The van der Waals surface area contributed by atoms with Gasteiger partial charge in [0, 0.05) is 37.4 Å². The number of rotatable bonds is 4. The molecular weight excluding hydrogens is 415 g/mol. The highest BCUT2D eigenvalue weighted by Gasteiger charge is 2.35. The minimum Gasteiger partial charge on any atom is -0.506 e. The molecule has 7 nitrogen and oxygen atoms in total. The molecular formula is C17H22Cl2N2O5S. The maximum atomic E-state index is 12.7. The number of halogens is 2. The van der Waals surface area contributed by atoms with Crippen molar-refractivity contribution >= 4 is 39.1 Å². The molecule has 1 aromatic carbocycles. The summed E-state index contributed by atoms with van der Waals surface area (Å²) in [5, 5.41) is 12.7. The Bertz CT molecular complexity index is 804. The minimum atomic E-state index is -3.34. The van der Waals surface area contributed by atoms with E-state index in [9.17, 15) is 18.3 Å². The summed E-state index contributed by atoms with van der Waals surface area (Å²) in [5.74, 6) is -0.805. The molecule has 0 saturated carbocycles. The van der Waals surface area contributed by atoms with Gasteiger partial charge in [-0.05, 0) is 37.8 Å². The van der Waals surface area contributed by atoms with Gasteiger partial charge in [0.15, 0.2) is 0 Å². The number of piperidine rings is 1. The molecule has 0 radical (unpaired) electrons. The highest BCUT2D eigenvalue weighted by molar-refractivity contribution is 7.89. The molecule has 150 valence electrons. The van der Waals surface area contributed by atoms with Crippen molar-refractivity contribution < 1.29 is 23.1 Å². The minimum absolute atomic E-state index is 0.00440. The fraction of sp³-hybridized carbons (Fsp3) is 0.588. The first-order valence-corrected chi connectivity index (χ1v) is 11.1. The number of amides is 1. The third-order valence-corrected chi connectivity index (χ3v) is 7.92. The van der Waals surface area contributed by atoms with Gasteiger partial charge in [0.25, 0.3) is 5.91 Å². The zero-order valence-corrected chi connectivity index (χ0v) is 17.0. The van der Waals surface area contributed by atoms with Crippen LogP contribution in [0.25, 0.3) is 0 Å². The van der Waals surface area contributed by atoms with E-state index in [1.807, 2.05) is 0 Å². The normalized spacial score (nSPS) is 20.5. The summed E-state index contributed by atoms with van der Waals surface area (Å²) in [5.41, 5.74) is 0.00440. The largest absolute Gasteiger partial charge is 0.506 e. The van der Waals surface area contributed by atoms with Crippen LogP contribution in [0.4, 0.5) is 0 Å². The smallest absolute Gasteiger partial charge is 0.255 e. The number of sulfonamides is 1. The van der Waals surface area contributed by atoms with Crippen LogP contribution in [0.15, 0.2) is 12.1 Å². The van der Waals surface area contributed by atoms with Gasteiger partial charge in [-0.15, -0.1) is 0 Å². The zero-order chi connectivity index (χ0) is 19.6. The zero-order valence-electron chi connectivity index (χ0n) is 14.7. The van der Waals surface area contributed by atoms with Crippen molar-refractivity contribution in [3.05, 3.63) is 27.7 Å². The lowest BCUT2D eigenvalue weighted by atomic mass is 10.1. The summed E-state index contributed by atoms with van der Waals surface area (Å²) < 4.78 is 32.2. The van der Waals surface area contributed by atoms with Crippen LogP contribution in [-0.4, -0.2) is 61.3 Å². The third kappa shape index (κ3) is 4.68. The van der Waals surface area contributed by atoms with Crippen LogP contribution >= 0.6 is 23.2 Å². The second-order valence-electron chi connectivity index (χ2n) is 6.79. The summed E-state index contributed by atoms with van der Waals surface area (Å²) in [6, 6.07) is 2.52. The molecule has 3 rings (SSSR count). The first-order chi connectivity index (χ1) is 12.8. The van der Waals surface area contributed by atoms with Crippen LogP contribution in [0.3, 0.4) is 0 Å². The Balaban J connectivity index is 1.59. The number of nitrogens with zero attached hydrogens (tertiary/aromatic N) is 1. The number of phenols is 1. The van der Waals surface area contributed by atoms with Crippen LogP contribution in [0.2, 0.25) is 10.0 Å². The molecule has 0 spiro atoms. The first kappa shape index (κ1) is 20.7. The van der Waals surface area contributed by atoms with Crippen molar-refractivity contribution in [1.29, 1.82) is 0 Å². The molecule has 1 amide bonds. The van der Waals surface area contributed by atoms with Gasteiger partial charge in [-0.2, -0.15) is 0 Å². The molecule has 1 aromatic rings. The molecule has 0 aromatic heterocycles. The Morgan fingerprint density at radius 3 is 2.41 bits per heavy atom. The number of hydrogen-bond donors (Lipinski definition) is 2. The number of ether oxygens (including phenoxy) is 1. The lowest BCUT2D eigenvalue weighted by Gasteiger charge is -2.35.